The van der Waals surface area contributed by atoms with Gasteiger partial charge in [-0.1, -0.05) is 90.0 Å². The van der Waals surface area contributed by atoms with Gasteiger partial charge in [-0.25, -0.2) is 0 Å². The Hall–Kier alpha value is -2.89. The first-order chi connectivity index (χ1) is 14.1. The molecule has 0 aliphatic carbocycles. The molecule has 0 bridgehead atoms. The van der Waals surface area contributed by atoms with Crippen LogP contribution in [0.15, 0.2) is 97.1 Å². The van der Waals surface area contributed by atoms with Crippen molar-refractivity contribution in [2.24, 2.45) is 0 Å². The van der Waals surface area contributed by atoms with Gasteiger partial charge < -0.3 is 4.74 Å². The summed E-state index contributed by atoms with van der Waals surface area (Å²) in [7, 11) is -0.720. The third-order valence-electron chi connectivity index (χ3n) is 4.93. The zero-order chi connectivity index (χ0) is 20.2. The highest BCUT2D eigenvalue weighted by Gasteiger charge is 2.21. The predicted octanol–water partition coefficient (Wildman–Crippen LogP) is 6.16. The molecule has 29 heavy (non-hydrogen) atoms. The van der Waals surface area contributed by atoms with E-state index in [9.17, 15) is 0 Å². The molecule has 0 aliphatic heterocycles. The molecule has 0 heterocycles. The van der Waals surface area contributed by atoms with Gasteiger partial charge in [0.15, 0.2) is 0 Å². The molecule has 2 heteroatoms. The van der Waals surface area contributed by atoms with Crippen molar-refractivity contribution < 1.29 is 4.74 Å². The maximum absolute atomic E-state index is 6.49. The summed E-state index contributed by atoms with van der Waals surface area (Å²) >= 11 is 0. The average molecular weight is 396 g/mol. The number of ether oxygens (including phenoxy) is 1. The van der Waals surface area contributed by atoms with E-state index in [2.05, 4.69) is 118 Å². The molecule has 0 N–H and O–H groups in total. The SMILES string of the molecule is Cc1ccc(Oc2ccc(C)cc2P(c2ccccc2)c2ccccc2)c(C)c1. The van der Waals surface area contributed by atoms with E-state index in [1.807, 2.05) is 0 Å². The second kappa shape index (κ2) is 8.64. The lowest BCUT2D eigenvalue weighted by Crippen LogP contribution is -2.22. The standard InChI is InChI=1S/C27H25OP/c1-20-14-16-25(22(3)18-20)28-26-17-15-21(2)19-27(26)29(23-10-6-4-7-11-23)24-12-8-5-9-13-24/h4-19H,1-3H3. The fourth-order valence-electron chi connectivity index (χ4n) is 3.50. The summed E-state index contributed by atoms with van der Waals surface area (Å²) in [5.41, 5.74) is 3.64. The van der Waals surface area contributed by atoms with E-state index in [1.54, 1.807) is 0 Å². The Bertz CT molecular complexity index is 1060. The lowest BCUT2D eigenvalue weighted by atomic mass is 10.1. The monoisotopic (exact) mass is 396 g/mol. The van der Waals surface area contributed by atoms with Gasteiger partial charge >= 0.3 is 0 Å². The molecule has 0 amide bonds. The maximum atomic E-state index is 6.49. The molecule has 0 fully saturated rings. The topological polar surface area (TPSA) is 9.23 Å². The Morgan fingerprint density at radius 3 is 1.62 bits per heavy atom. The van der Waals surface area contributed by atoms with Crippen molar-refractivity contribution in [3.8, 4) is 11.5 Å². The van der Waals surface area contributed by atoms with E-state index < -0.39 is 7.92 Å². The van der Waals surface area contributed by atoms with Crippen molar-refractivity contribution in [1.82, 2.24) is 0 Å². The summed E-state index contributed by atoms with van der Waals surface area (Å²) < 4.78 is 6.49. The minimum absolute atomic E-state index is 0.720. The van der Waals surface area contributed by atoms with Gasteiger partial charge in [-0.15, -0.1) is 0 Å². The van der Waals surface area contributed by atoms with Crippen LogP contribution in [0.2, 0.25) is 0 Å². The Morgan fingerprint density at radius 2 is 1.07 bits per heavy atom. The molecule has 144 valence electrons. The minimum Gasteiger partial charge on any atom is -0.456 e. The number of rotatable bonds is 5. The lowest BCUT2D eigenvalue weighted by Gasteiger charge is -2.23. The van der Waals surface area contributed by atoms with Gasteiger partial charge in [0.05, 0.1) is 0 Å². The van der Waals surface area contributed by atoms with Crippen molar-refractivity contribution >= 4 is 23.8 Å². The molecule has 4 aromatic carbocycles. The Balaban J connectivity index is 1.86. The summed E-state index contributed by atoms with van der Waals surface area (Å²) in [5.74, 6) is 1.85. The van der Waals surface area contributed by atoms with Crippen molar-refractivity contribution in [1.29, 1.82) is 0 Å². The molecular formula is C27H25OP. The molecule has 0 spiro atoms. The second-order valence-electron chi connectivity index (χ2n) is 7.35. The van der Waals surface area contributed by atoms with Gasteiger partial charge in [0.25, 0.3) is 0 Å². The van der Waals surface area contributed by atoms with Gasteiger partial charge in [0.1, 0.15) is 11.5 Å². The number of benzene rings is 4. The minimum atomic E-state index is -0.720. The third-order valence-corrected chi connectivity index (χ3v) is 7.39. The molecule has 4 aromatic rings. The van der Waals surface area contributed by atoms with Crippen LogP contribution >= 0.6 is 7.92 Å². The normalized spacial score (nSPS) is 10.9. The lowest BCUT2D eigenvalue weighted by molar-refractivity contribution is 0.482. The Labute approximate surface area is 174 Å². The first-order valence-corrected chi connectivity index (χ1v) is 11.2. The zero-order valence-electron chi connectivity index (χ0n) is 17.1. The van der Waals surface area contributed by atoms with Crippen LogP contribution < -0.4 is 20.7 Å². The van der Waals surface area contributed by atoms with Crippen molar-refractivity contribution in [3.05, 3.63) is 114 Å². The fourth-order valence-corrected chi connectivity index (χ4v) is 5.97. The fraction of sp³-hybridized carbons (Fsp3) is 0.111. The van der Waals surface area contributed by atoms with Gasteiger partial charge in [0.2, 0.25) is 0 Å². The molecule has 0 unspecified atom stereocenters. The Morgan fingerprint density at radius 1 is 0.552 bits per heavy atom. The first kappa shape index (κ1) is 19.4. The summed E-state index contributed by atoms with van der Waals surface area (Å²) in [6, 6.07) is 34.4. The van der Waals surface area contributed by atoms with E-state index >= 15 is 0 Å². The molecule has 0 atom stereocenters. The number of aryl methyl sites for hydroxylation is 3. The van der Waals surface area contributed by atoms with Gasteiger partial charge in [-0.05, 0) is 63.1 Å². The van der Waals surface area contributed by atoms with Gasteiger partial charge in [0, 0.05) is 5.30 Å². The van der Waals surface area contributed by atoms with E-state index in [1.165, 1.54) is 27.0 Å². The largest absolute Gasteiger partial charge is 0.456 e. The van der Waals surface area contributed by atoms with E-state index in [0.29, 0.717) is 0 Å². The van der Waals surface area contributed by atoms with E-state index in [0.717, 1.165) is 17.1 Å². The van der Waals surface area contributed by atoms with E-state index in [4.69, 9.17) is 4.74 Å². The van der Waals surface area contributed by atoms with Crippen LogP contribution in [0, 0.1) is 20.8 Å². The van der Waals surface area contributed by atoms with Gasteiger partial charge in [-0.3, -0.25) is 0 Å². The molecular weight excluding hydrogens is 371 g/mol. The van der Waals surface area contributed by atoms with Crippen LogP contribution in [-0.4, -0.2) is 0 Å². The zero-order valence-corrected chi connectivity index (χ0v) is 18.0. The van der Waals surface area contributed by atoms with Crippen LogP contribution in [0.25, 0.3) is 0 Å². The number of hydrogen-bond donors (Lipinski definition) is 0. The molecule has 4 rings (SSSR count). The highest BCUT2D eigenvalue weighted by Crippen LogP contribution is 2.38. The third kappa shape index (κ3) is 4.42. The van der Waals surface area contributed by atoms with Crippen molar-refractivity contribution in [2.45, 2.75) is 20.8 Å². The van der Waals surface area contributed by atoms with Crippen LogP contribution in [0.5, 0.6) is 11.5 Å². The average Bonchev–Trinajstić information content (AvgIpc) is 2.73. The second-order valence-corrected chi connectivity index (χ2v) is 9.53. The summed E-state index contributed by atoms with van der Waals surface area (Å²) in [5, 5.41) is 3.90. The smallest absolute Gasteiger partial charge is 0.135 e. The molecule has 0 radical (unpaired) electrons. The predicted molar refractivity (Wildman–Crippen MR) is 126 cm³/mol. The van der Waals surface area contributed by atoms with Crippen LogP contribution in [0.1, 0.15) is 16.7 Å². The van der Waals surface area contributed by atoms with Crippen molar-refractivity contribution in [3.63, 3.8) is 0 Å². The van der Waals surface area contributed by atoms with Crippen LogP contribution in [0.4, 0.5) is 0 Å². The first-order valence-electron chi connectivity index (χ1n) is 9.88. The summed E-state index contributed by atoms with van der Waals surface area (Å²) in [6.45, 7) is 6.36. The molecule has 0 aromatic heterocycles. The summed E-state index contributed by atoms with van der Waals surface area (Å²) in [6.07, 6.45) is 0. The maximum Gasteiger partial charge on any atom is 0.135 e. The quantitative estimate of drug-likeness (QED) is 0.367. The van der Waals surface area contributed by atoms with Crippen LogP contribution in [0.3, 0.4) is 0 Å². The highest BCUT2D eigenvalue weighted by molar-refractivity contribution is 7.80. The van der Waals surface area contributed by atoms with Gasteiger partial charge in [-0.2, -0.15) is 0 Å². The number of hydrogen-bond acceptors (Lipinski definition) is 1. The Kier molecular flexibility index (Phi) is 5.79. The molecule has 0 saturated heterocycles. The highest BCUT2D eigenvalue weighted by atomic mass is 31.1. The van der Waals surface area contributed by atoms with Crippen LogP contribution in [-0.2, 0) is 0 Å². The summed E-state index contributed by atoms with van der Waals surface area (Å²) in [4.78, 5) is 0. The van der Waals surface area contributed by atoms with Crippen molar-refractivity contribution in [2.75, 3.05) is 0 Å². The van der Waals surface area contributed by atoms with E-state index in [-0.39, 0.29) is 0 Å². The molecule has 0 aliphatic rings. The molecule has 1 nitrogen and oxygen atoms in total. The molecule has 0 saturated carbocycles.